The third-order valence-corrected chi connectivity index (χ3v) is 5.31. The number of furan rings is 1. The van der Waals surface area contributed by atoms with Gasteiger partial charge >= 0.3 is 0 Å². The zero-order chi connectivity index (χ0) is 13.2. The number of nitrogens with zero attached hydrogens (tertiary/aromatic N) is 1. The molecule has 1 aliphatic carbocycles. The Morgan fingerprint density at radius 1 is 1.42 bits per heavy atom. The van der Waals surface area contributed by atoms with Crippen LogP contribution in [0.3, 0.4) is 0 Å². The van der Waals surface area contributed by atoms with Crippen LogP contribution in [0.4, 0.5) is 0 Å². The van der Waals surface area contributed by atoms with Crippen molar-refractivity contribution in [2.75, 3.05) is 18.6 Å². The van der Waals surface area contributed by atoms with E-state index in [2.05, 4.69) is 42.0 Å². The van der Waals surface area contributed by atoms with Gasteiger partial charge in [-0.1, -0.05) is 0 Å². The first-order chi connectivity index (χ1) is 9.22. The molecule has 4 heteroatoms. The maximum absolute atomic E-state index is 5.91. The minimum absolute atomic E-state index is 0.725. The molecular formula is C15H24N2OS. The second-order valence-electron chi connectivity index (χ2n) is 5.88. The van der Waals surface area contributed by atoms with Gasteiger partial charge in [-0.25, -0.2) is 0 Å². The van der Waals surface area contributed by atoms with E-state index in [0.29, 0.717) is 0 Å². The lowest BCUT2D eigenvalue weighted by Gasteiger charge is -2.21. The molecule has 1 aliphatic heterocycles. The molecule has 1 aromatic rings. The average Bonchev–Trinajstić information content (AvgIpc) is 2.91. The van der Waals surface area contributed by atoms with Gasteiger partial charge in [-0.2, -0.15) is 11.8 Å². The molecule has 2 aliphatic rings. The highest BCUT2D eigenvalue weighted by Crippen LogP contribution is 2.24. The van der Waals surface area contributed by atoms with Gasteiger partial charge in [-0.05, 0) is 45.1 Å². The van der Waals surface area contributed by atoms with Gasteiger partial charge in [0.2, 0.25) is 0 Å². The van der Waals surface area contributed by atoms with Crippen LogP contribution in [-0.2, 0) is 13.1 Å². The van der Waals surface area contributed by atoms with Crippen molar-refractivity contribution >= 4 is 11.8 Å². The first kappa shape index (κ1) is 13.5. The Bertz CT molecular complexity index is 422. The van der Waals surface area contributed by atoms with Gasteiger partial charge in [-0.15, -0.1) is 0 Å². The Kier molecular flexibility index (Phi) is 4.20. The summed E-state index contributed by atoms with van der Waals surface area (Å²) < 4.78 is 5.91. The second kappa shape index (κ2) is 5.90. The van der Waals surface area contributed by atoms with Crippen LogP contribution >= 0.6 is 11.8 Å². The normalized spacial score (nSPS) is 23.4. The van der Waals surface area contributed by atoms with E-state index in [1.807, 2.05) is 0 Å². The summed E-state index contributed by atoms with van der Waals surface area (Å²) >= 11 is 2.07. The molecule has 0 bridgehead atoms. The number of hydrogen-bond donors (Lipinski definition) is 1. The van der Waals surface area contributed by atoms with E-state index in [0.717, 1.165) is 36.7 Å². The number of thioether (sulfide) groups is 1. The van der Waals surface area contributed by atoms with E-state index < -0.39 is 0 Å². The maximum Gasteiger partial charge on any atom is 0.118 e. The van der Waals surface area contributed by atoms with Crippen LogP contribution in [0.25, 0.3) is 0 Å². The molecule has 19 heavy (non-hydrogen) atoms. The third-order valence-electron chi connectivity index (χ3n) is 4.16. The van der Waals surface area contributed by atoms with Gasteiger partial charge in [0, 0.05) is 29.9 Å². The zero-order valence-corrected chi connectivity index (χ0v) is 12.8. The van der Waals surface area contributed by atoms with Crippen molar-refractivity contribution in [3.05, 3.63) is 23.2 Å². The van der Waals surface area contributed by atoms with Gasteiger partial charge in [0.25, 0.3) is 0 Å². The Morgan fingerprint density at radius 2 is 2.26 bits per heavy atom. The second-order valence-corrected chi connectivity index (χ2v) is 7.03. The molecule has 0 aromatic carbocycles. The first-order valence-corrected chi connectivity index (χ1v) is 8.47. The Balaban J connectivity index is 1.55. The summed E-state index contributed by atoms with van der Waals surface area (Å²) in [5.74, 6) is 4.77. The average molecular weight is 280 g/mol. The summed E-state index contributed by atoms with van der Waals surface area (Å²) in [7, 11) is 2.22. The van der Waals surface area contributed by atoms with Crippen LogP contribution in [-0.4, -0.2) is 35.5 Å². The number of aryl methyl sites for hydroxylation is 1. The largest absolute Gasteiger partial charge is 0.465 e. The van der Waals surface area contributed by atoms with Gasteiger partial charge in [-0.3, -0.25) is 4.90 Å². The summed E-state index contributed by atoms with van der Waals surface area (Å²) in [6.45, 7) is 3.98. The van der Waals surface area contributed by atoms with Crippen molar-refractivity contribution in [3.63, 3.8) is 0 Å². The number of hydrogen-bond acceptors (Lipinski definition) is 4. The highest BCUT2D eigenvalue weighted by Gasteiger charge is 2.23. The Morgan fingerprint density at radius 3 is 2.95 bits per heavy atom. The maximum atomic E-state index is 5.91. The summed E-state index contributed by atoms with van der Waals surface area (Å²) in [4.78, 5) is 2.44. The molecule has 3 rings (SSSR count). The summed E-state index contributed by atoms with van der Waals surface area (Å²) in [6.07, 6.45) is 3.99. The van der Waals surface area contributed by atoms with Gasteiger partial charge in [0.15, 0.2) is 0 Å². The molecule has 2 fully saturated rings. The van der Waals surface area contributed by atoms with Crippen molar-refractivity contribution in [1.29, 1.82) is 0 Å². The molecule has 1 aromatic heterocycles. The molecule has 2 heterocycles. The molecule has 0 spiro atoms. The van der Waals surface area contributed by atoms with E-state index in [1.165, 1.54) is 36.3 Å². The fourth-order valence-corrected chi connectivity index (χ4v) is 3.93. The minimum Gasteiger partial charge on any atom is -0.465 e. The third kappa shape index (κ3) is 3.56. The van der Waals surface area contributed by atoms with Crippen LogP contribution in [0.15, 0.2) is 10.5 Å². The van der Waals surface area contributed by atoms with Crippen molar-refractivity contribution in [2.24, 2.45) is 0 Å². The van der Waals surface area contributed by atoms with Gasteiger partial charge in [0.1, 0.15) is 11.5 Å². The van der Waals surface area contributed by atoms with Crippen LogP contribution in [0.5, 0.6) is 0 Å². The smallest absolute Gasteiger partial charge is 0.118 e. The molecule has 1 saturated carbocycles. The Hall–Kier alpha value is -0.450. The highest BCUT2D eigenvalue weighted by molar-refractivity contribution is 7.99. The van der Waals surface area contributed by atoms with Crippen molar-refractivity contribution in [3.8, 4) is 0 Å². The van der Waals surface area contributed by atoms with E-state index in [1.54, 1.807) is 0 Å². The van der Waals surface area contributed by atoms with E-state index in [-0.39, 0.29) is 0 Å². The summed E-state index contributed by atoms with van der Waals surface area (Å²) in [5, 5.41) is 3.56. The van der Waals surface area contributed by atoms with Crippen molar-refractivity contribution < 1.29 is 4.42 Å². The van der Waals surface area contributed by atoms with E-state index >= 15 is 0 Å². The molecule has 106 valence electrons. The van der Waals surface area contributed by atoms with Crippen molar-refractivity contribution in [2.45, 2.75) is 51.4 Å². The van der Waals surface area contributed by atoms with E-state index in [4.69, 9.17) is 4.42 Å². The number of rotatable bonds is 6. The van der Waals surface area contributed by atoms with Crippen LogP contribution in [0.1, 0.15) is 36.3 Å². The molecular weight excluding hydrogens is 256 g/mol. The lowest BCUT2D eigenvalue weighted by molar-refractivity contribution is 0.233. The van der Waals surface area contributed by atoms with Crippen LogP contribution in [0.2, 0.25) is 0 Å². The minimum atomic E-state index is 0.725. The molecule has 3 nitrogen and oxygen atoms in total. The standard InChI is InChI=1S/C15H24N2OS/c1-11-12(8-16-13-3-4-13)7-15(18-11)9-17(2)14-5-6-19-10-14/h7,13-14,16H,3-6,8-10H2,1-2H3. The molecule has 1 unspecified atom stereocenters. The quantitative estimate of drug-likeness (QED) is 0.867. The predicted molar refractivity (Wildman–Crippen MR) is 80.5 cm³/mol. The molecule has 0 radical (unpaired) electrons. The SMILES string of the molecule is Cc1oc(CN(C)C2CCSC2)cc1CNC1CC1. The molecule has 1 atom stereocenters. The number of nitrogens with one attached hydrogen (secondary N) is 1. The van der Waals surface area contributed by atoms with Gasteiger partial charge in [0.05, 0.1) is 6.54 Å². The monoisotopic (exact) mass is 280 g/mol. The molecule has 1 saturated heterocycles. The lowest BCUT2D eigenvalue weighted by Crippen LogP contribution is -2.30. The predicted octanol–water partition coefficient (Wildman–Crippen LogP) is 2.78. The fraction of sp³-hybridized carbons (Fsp3) is 0.733. The summed E-state index contributed by atoms with van der Waals surface area (Å²) in [6, 6.07) is 3.72. The molecule has 1 N–H and O–H groups in total. The van der Waals surface area contributed by atoms with Crippen LogP contribution in [0, 0.1) is 6.92 Å². The van der Waals surface area contributed by atoms with Crippen molar-refractivity contribution in [1.82, 2.24) is 10.2 Å². The highest BCUT2D eigenvalue weighted by atomic mass is 32.2. The lowest BCUT2D eigenvalue weighted by atomic mass is 10.2. The summed E-state index contributed by atoms with van der Waals surface area (Å²) in [5.41, 5.74) is 1.33. The topological polar surface area (TPSA) is 28.4 Å². The van der Waals surface area contributed by atoms with E-state index in [9.17, 15) is 0 Å². The Labute approximate surface area is 120 Å². The molecule has 0 amide bonds. The van der Waals surface area contributed by atoms with Gasteiger partial charge < -0.3 is 9.73 Å². The fourth-order valence-electron chi connectivity index (χ4n) is 2.63. The zero-order valence-electron chi connectivity index (χ0n) is 11.9. The van der Waals surface area contributed by atoms with Crippen LogP contribution < -0.4 is 5.32 Å². The first-order valence-electron chi connectivity index (χ1n) is 7.32.